The van der Waals surface area contributed by atoms with E-state index < -0.39 is 5.95 Å². The van der Waals surface area contributed by atoms with Crippen LogP contribution in [0.25, 0.3) is 0 Å². The predicted molar refractivity (Wildman–Crippen MR) is 50.5 cm³/mol. The Morgan fingerprint density at radius 3 is 2.36 bits per heavy atom. The highest BCUT2D eigenvalue weighted by molar-refractivity contribution is 5.26. The van der Waals surface area contributed by atoms with Crippen molar-refractivity contribution >= 4 is 0 Å². The molecule has 1 heterocycles. The van der Waals surface area contributed by atoms with Crippen LogP contribution in [0.3, 0.4) is 0 Å². The minimum absolute atomic E-state index is 0.0206. The van der Waals surface area contributed by atoms with Crippen LogP contribution in [0, 0.1) is 12.9 Å². The molecular formula is C10H14FNO2. The van der Waals surface area contributed by atoms with Crippen molar-refractivity contribution < 1.29 is 14.6 Å². The van der Waals surface area contributed by atoms with Crippen LogP contribution in [0.15, 0.2) is 6.07 Å². The molecule has 1 aromatic rings. The number of halogens is 1. The van der Waals surface area contributed by atoms with Crippen molar-refractivity contribution in [3.05, 3.63) is 28.8 Å². The average molecular weight is 199 g/mol. The molecule has 0 aliphatic rings. The fraction of sp³-hybridized carbons (Fsp3) is 0.500. The summed E-state index contributed by atoms with van der Waals surface area (Å²) in [7, 11) is 0. The van der Waals surface area contributed by atoms with Crippen molar-refractivity contribution in [3.63, 3.8) is 0 Å². The van der Waals surface area contributed by atoms with Crippen LogP contribution >= 0.6 is 0 Å². The van der Waals surface area contributed by atoms with Gasteiger partial charge in [0.05, 0.1) is 0 Å². The first kappa shape index (κ1) is 11.1. The first-order valence-corrected chi connectivity index (χ1v) is 4.55. The Morgan fingerprint density at radius 2 is 1.79 bits per heavy atom. The van der Waals surface area contributed by atoms with Crippen molar-refractivity contribution in [3.8, 4) is 0 Å². The Labute approximate surface area is 82.2 Å². The maximum absolute atomic E-state index is 13.2. The van der Waals surface area contributed by atoms with Crippen molar-refractivity contribution in [2.24, 2.45) is 0 Å². The van der Waals surface area contributed by atoms with Gasteiger partial charge >= 0.3 is 0 Å². The van der Waals surface area contributed by atoms with Crippen molar-refractivity contribution in [1.82, 2.24) is 4.98 Å². The third-order valence-corrected chi connectivity index (χ3v) is 2.11. The van der Waals surface area contributed by atoms with Gasteiger partial charge in [-0.05, 0) is 25.0 Å². The Kier molecular flexibility index (Phi) is 3.98. The van der Waals surface area contributed by atoms with Gasteiger partial charge in [0.15, 0.2) is 0 Å². The second kappa shape index (κ2) is 5.02. The molecule has 0 unspecified atom stereocenters. The molecule has 0 spiro atoms. The lowest BCUT2D eigenvalue weighted by molar-refractivity contribution is 0.295. The number of hydrogen-bond acceptors (Lipinski definition) is 3. The SMILES string of the molecule is Cc1nc(F)c(CCO)cc1CCO. The highest BCUT2D eigenvalue weighted by Gasteiger charge is 2.07. The monoisotopic (exact) mass is 199 g/mol. The van der Waals surface area contributed by atoms with Gasteiger partial charge in [0.1, 0.15) is 0 Å². The number of pyridine rings is 1. The zero-order chi connectivity index (χ0) is 10.6. The van der Waals surface area contributed by atoms with Crippen LogP contribution in [-0.2, 0) is 12.8 Å². The molecule has 0 fully saturated rings. The fourth-order valence-electron chi connectivity index (χ4n) is 1.33. The summed E-state index contributed by atoms with van der Waals surface area (Å²) < 4.78 is 13.2. The highest BCUT2D eigenvalue weighted by Crippen LogP contribution is 2.13. The molecule has 0 radical (unpaired) electrons. The van der Waals surface area contributed by atoms with Gasteiger partial charge in [0.25, 0.3) is 0 Å². The second-order valence-electron chi connectivity index (χ2n) is 3.13. The van der Waals surface area contributed by atoms with E-state index in [-0.39, 0.29) is 19.6 Å². The number of aryl methyl sites for hydroxylation is 1. The fourth-order valence-corrected chi connectivity index (χ4v) is 1.33. The topological polar surface area (TPSA) is 53.4 Å². The normalized spacial score (nSPS) is 10.6. The molecule has 2 N–H and O–H groups in total. The molecule has 0 aliphatic heterocycles. The quantitative estimate of drug-likeness (QED) is 0.698. The van der Waals surface area contributed by atoms with E-state index in [9.17, 15) is 4.39 Å². The maximum Gasteiger partial charge on any atom is 0.216 e. The van der Waals surface area contributed by atoms with Gasteiger partial charge in [-0.1, -0.05) is 0 Å². The van der Waals surface area contributed by atoms with Gasteiger partial charge in [0.2, 0.25) is 5.95 Å². The Bertz CT molecular complexity index is 288. The molecule has 0 saturated carbocycles. The largest absolute Gasteiger partial charge is 0.396 e. The third kappa shape index (κ3) is 2.49. The summed E-state index contributed by atoms with van der Waals surface area (Å²) in [6.45, 7) is 1.63. The van der Waals surface area contributed by atoms with E-state index in [0.29, 0.717) is 17.7 Å². The zero-order valence-electron chi connectivity index (χ0n) is 8.13. The van der Waals surface area contributed by atoms with E-state index in [1.54, 1.807) is 13.0 Å². The summed E-state index contributed by atoms with van der Waals surface area (Å²) >= 11 is 0. The summed E-state index contributed by atoms with van der Waals surface area (Å²) in [5, 5.41) is 17.5. The molecule has 4 heteroatoms. The molecule has 3 nitrogen and oxygen atoms in total. The predicted octanol–water partition coefficient (Wildman–Crippen LogP) is 0.599. The number of rotatable bonds is 4. The van der Waals surface area contributed by atoms with Gasteiger partial charge in [0, 0.05) is 30.9 Å². The van der Waals surface area contributed by atoms with Gasteiger partial charge < -0.3 is 10.2 Å². The van der Waals surface area contributed by atoms with E-state index >= 15 is 0 Å². The van der Waals surface area contributed by atoms with Crippen molar-refractivity contribution in [1.29, 1.82) is 0 Å². The van der Waals surface area contributed by atoms with E-state index in [0.717, 1.165) is 5.56 Å². The summed E-state index contributed by atoms with van der Waals surface area (Å²) in [5.74, 6) is -0.529. The number of aromatic nitrogens is 1. The summed E-state index contributed by atoms with van der Waals surface area (Å²) in [5.41, 5.74) is 1.83. The smallest absolute Gasteiger partial charge is 0.216 e. The van der Waals surface area contributed by atoms with Crippen molar-refractivity contribution in [2.45, 2.75) is 19.8 Å². The first-order chi connectivity index (χ1) is 6.69. The number of aliphatic hydroxyl groups is 2. The maximum atomic E-state index is 13.2. The Balaban J connectivity index is 3.00. The second-order valence-corrected chi connectivity index (χ2v) is 3.13. The van der Waals surface area contributed by atoms with Crippen LogP contribution in [0.2, 0.25) is 0 Å². The number of aliphatic hydroxyl groups excluding tert-OH is 2. The molecule has 0 saturated heterocycles. The summed E-state index contributed by atoms with van der Waals surface area (Å²) in [4.78, 5) is 3.72. The van der Waals surface area contributed by atoms with Gasteiger partial charge in [-0.2, -0.15) is 4.39 Å². The van der Waals surface area contributed by atoms with Gasteiger partial charge in [-0.25, -0.2) is 4.98 Å². The number of nitrogens with zero attached hydrogens (tertiary/aromatic N) is 1. The molecular weight excluding hydrogens is 185 g/mol. The minimum atomic E-state index is -0.529. The highest BCUT2D eigenvalue weighted by atomic mass is 19.1. The van der Waals surface area contributed by atoms with Gasteiger partial charge in [-0.15, -0.1) is 0 Å². The molecule has 0 bridgehead atoms. The van der Waals surface area contributed by atoms with Gasteiger partial charge in [-0.3, -0.25) is 0 Å². The van der Waals surface area contributed by atoms with Crippen LogP contribution < -0.4 is 0 Å². The lowest BCUT2D eigenvalue weighted by Crippen LogP contribution is -2.04. The molecule has 0 amide bonds. The molecule has 0 aromatic carbocycles. The average Bonchev–Trinajstić information content (AvgIpc) is 2.14. The lowest BCUT2D eigenvalue weighted by atomic mass is 10.1. The molecule has 0 aliphatic carbocycles. The van der Waals surface area contributed by atoms with Crippen LogP contribution in [-0.4, -0.2) is 28.4 Å². The molecule has 1 aromatic heterocycles. The van der Waals surface area contributed by atoms with E-state index in [4.69, 9.17) is 10.2 Å². The van der Waals surface area contributed by atoms with Crippen molar-refractivity contribution in [2.75, 3.05) is 13.2 Å². The Hall–Kier alpha value is -1.00. The molecule has 1 rings (SSSR count). The van der Waals surface area contributed by atoms with Crippen LogP contribution in [0.5, 0.6) is 0 Å². The van der Waals surface area contributed by atoms with E-state index in [2.05, 4.69) is 4.98 Å². The first-order valence-electron chi connectivity index (χ1n) is 4.55. The lowest BCUT2D eigenvalue weighted by Gasteiger charge is -2.07. The standard InChI is InChI=1S/C10H14FNO2/c1-7-8(2-4-13)6-9(3-5-14)10(11)12-7/h6,13-14H,2-5H2,1H3. The summed E-state index contributed by atoms with van der Waals surface area (Å²) in [6.07, 6.45) is 0.731. The molecule has 14 heavy (non-hydrogen) atoms. The molecule has 0 atom stereocenters. The number of hydrogen-bond donors (Lipinski definition) is 2. The third-order valence-electron chi connectivity index (χ3n) is 2.11. The zero-order valence-corrected chi connectivity index (χ0v) is 8.13. The minimum Gasteiger partial charge on any atom is -0.396 e. The van der Waals surface area contributed by atoms with E-state index in [1.807, 2.05) is 0 Å². The summed E-state index contributed by atoms with van der Waals surface area (Å²) in [6, 6.07) is 1.66. The van der Waals surface area contributed by atoms with Crippen LogP contribution in [0.1, 0.15) is 16.8 Å². The van der Waals surface area contributed by atoms with Crippen LogP contribution in [0.4, 0.5) is 4.39 Å². The molecule has 78 valence electrons. The Morgan fingerprint density at radius 1 is 1.21 bits per heavy atom. The van der Waals surface area contributed by atoms with E-state index in [1.165, 1.54) is 0 Å².